The summed E-state index contributed by atoms with van der Waals surface area (Å²) >= 11 is 0. The molecular weight excluding hydrogens is 919 g/mol. The van der Waals surface area contributed by atoms with E-state index in [0.29, 0.717) is 0 Å². The summed E-state index contributed by atoms with van der Waals surface area (Å²) in [5, 5.41) is 2.48. The lowest BCUT2D eigenvalue weighted by atomic mass is 9.62. The Bertz CT molecular complexity index is 4150. The lowest BCUT2D eigenvalue weighted by Gasteiger charge is -2.46. The van der Waals surface area contributed by atoms with Crippen LogP contribution in [0.25, 0.3) is 60.9 Å². The zero-order valence-electron chi connectivity index (χ0n) is 41.8. The van der Waals surface area contributed by atoms with Gasteiger partial charge in [0.15, 0.2) is 0 Å². The van der Waals surface area contributed by atoms with E-state index in [2.05, 4.69) is 324 Å². The number of nitrogens with zero attached hydrogens (tertiary/aromatic N) is 3. The Kier molecular flexibility index (Phi) is 11.1. The number of fused-ring (bicyclic) bond motifs is 5. The second-order valence-corrected chi connectivity index (χ2v) is 19.6. The van der Waals surface area contributed by atoms with Crippen LogP contribution in [0.15, 0.2) is 309 Å². The third kappa shape index (κ3) is 7.43. The standard InChI is InChI=1S/C73H51N3/c1-6-22-52(23-7-1)53-38-44-61(45-39-53)74(62-46-40-54(41-47-62)55-43-49-70-65(50-55)64-33-17-20-36-69(64)75(70)59-28-12-4-13-29-59)68-35-19-16-32-63(68)56-42-48-67-72(51-56)76(60-30-14-5-15-31-60)71-37-21-18-34-66(71)73(67,57-24-8-2-9-25-57)58-26-10-3-11-27-58/h1-51H. The van der Waals surface area contributed by atoms with Crippen LogP contribution < -0.4 is 9.80 Å². The number of anilines is 6. The molecule has 0 aliphatic carbocycles. The van der Waals surface area contributed by atoms with Gasteiger partial charge in [0.1, 0.15) is 0 Å². The predicted molar refractivity (Wildman–Crippen MR) is 318 cm³/mol. The maximum absolute atomic E-state index is 2.47. The molecule has 76 heavy (non-hydrogen) atoms. The fraction of sp³-hybridized carbons (Fsp3) is 0.0137. The number of hydrogen-bond donors (Lipinski definition) is 0. The Hall–Kier alpha value is -9.96. The molecule has 1 aliphatic heterocycles. The third-order valence-electron chi connectivity index (χ3n) is 15.5. The molecule has 3 heteroatoms. The molecule has 0 saturated carbocycles. The SMILES string of the molecule is c1ccc(-c2ccc(N(c3ccc(-c4ccc5c(c4)c4ccccc4n5-c4ccccc4)cc3)c3ccccc3-c3ccc4c(c3)N(c3ccccc3)c3ccccc3C4(c3ccccc3)c3ccccc3)cc2)cc1. The zero-order valence-corrected chi connectivity index (χ0v) is 41.8. The van der Waals surface area contributed by atoms with Gasteiger partial charge in [0.25, 0.3) is 0 Å². The first-order chi connectivity index (χ1) is 37.7. The fourth-order valence-electron chi connectivity index (χ4n) is 12.1. The van der Waals surface area contributed by atoms with Crippen molar-refractivity contribution in [2.75, 3.05) is 9.80 Å². The highest BCUT2D eigenvalue weighted by Gasteiger charge is 2.46. The van der Waals surface area contributed by atoms with E-state index < -0.39 is 5.41 Å². The summed E-state index contributed by atoms with van der Waals surface area (Å²) in [6, 6.07) is 113. The van der Waals surface area contributed by atoms with Crippen LogP contribution >= 0.6 is 0 Å². The highest BCUT2D eigenvalue weighted by Crippen LogP contribution is 2.58. The summed E-state index contributed by atoms with van der Waals surface area (Å²) in [5.74, 6) is 0. The Balaban J connectivity index is 0.937. The van der Waals surface area contributed by atoms with Gasteiger partial charge in [0.05, 0.1) is 33.5 Å². The van der Waals surface area contributed by atoms with E-state index in [1.807, 2.05) is 0 Å². The van der Waals surface area contributed by atoms with E-state index in [1.54, 1.807) is 0 Å². The average molecular weight is 970 g/mol. The molecule has 0 spiro atoms. The van der Waals surface area contributed by atoms with E-state index in [0.717, 1.165) is 56.5 Å². The molecule has 0 fully saturated rings. The first-order valence-electron chi connectivity index (χ1n) is 26.2. The van der Waals surface area contributed by atoms with Gasteiger partial charge in [-0.1, -0.05) is 224 Å². The molecular formula is C73H51N3. The molecule has 0 saturated heterocycles. The molecule has 0 bridgehead atoms. The molecule has 2 heterocycles. The molecule has 0 radical (unpaired) electrons. The van der Waals surface area contributed by atoms with E-state index in [9.17, 15) is 0 Å². The number of para-hydroxylation sites is 5. The Morgan fingerprint density at radius 1 is 0.289 bits per heavy atom. The minimum atomic E-state index is -0.602. The van der Waals surface area contributed by atoms with Crippen molar-refractivity contribution in [3.8, 4) is 39.1 Å². The summed E-state index contributed by atoms with van der Waals surface area (Å²) < 4.78 is 2.37. The molecule has 0 N–H and O–H groups in total. The average Bonchev–Trinajstić information content (AvgIpc) is 3.99. The van der Waals surface area contributed by atoms with Crippen molar-refractivity contribution in [3.05, 3.63) is 332 Å². The zero-order chi connectivity index (χ0) is 50.4. The van der Waals surface area contributed by atoms with Gasteiger partial charge in [-0.15, -0.1) is 0 Å². The minimum Gasteiger partial charge on any atom is -0.310 e. The molecule has 1 aromatic heterocycles. The van der Waals surface area contributed by atoms with Gasteiger partial charge in [-0.2, -0.15) is 0 Å². The maximum Gasteiger partial charge on any atom is 0.0742 e. The van der Waals surface area contributed by atoms with Crippen molar-refractivity contribution in [2.24, 2.45) is 0 Å². The second kappa shape index (κ2) is 18.8. The molecule has 12 aromatic carbocycles. The topological polar surface area (TPSA) is 11.4 Å². The van der Waals surface area contributed by atoms with E-state index >= 15 is 0 Å². The van der Waals surface area contributed by atoms with Gasteiger partial charge in [-0.3, -0.25) is 0 Å². The van der Waals surface area contributed by atoms with Crippen molar-refractivity contribution in [1.29, 1.82) is 0 Å². The molecule has 358 valence electrons. The summed E-state index contributed by atoms with van der Waals surface area (Å²) in [5.41, 5.74) is 21.4. The Labute approximate surface area is 444 Å². The normalized spacial score (nSPS) is 12.6. The van der Waals surface area contributed by atoms with Crippen LogP contribution in [-0.2, 0) is 5.41 Å². The maximum atomic E-state index is 2.47. The highest BCUT2D eigenvalue weighted by molar-refractivity contribution is 6.10. The number of aromatic nitrogens is 1. The smallest absolute Gasteiger partial charge is 0.0742 e. The predicted octanol–water partition coefficient (Wildman–Crippen LogP) is 19.4. The lowest BCUT2D eigenvalue weighted by Crippen LogP contribution is -2.37. The van der Waals surface area contributed by atoms with E-state index in [-0.39, 0.29) is 0 Å². The van der Waals surface area contributed by atoms with Crippen LogP contribution in [-0.4, -0.2) is 4.57 Å². The monoisotopic (exact) mass is 969 g/mol. The summed E-state index contributed by atoms with van der Waals surface area (Å²) in [6.45, 7) is 0. The van der Waals surface area contributed by atoms with Crippen LogP contribution in [0.4, 0.5) is 34.1 Å². The van der Waals surface area contributed by atoms with Crippen LogP contribution in [0.5, 0.6) is 0 Å². The van der Waals surface area contributed by atoms with Crippen LogP contribution in [0.1, 0.15) is 22.3 Å². The van der Waals surface area contributed by atoms with E-state index in [1.165, 1.54) is 60.8 Å². The third-order valence-corrected chi connectivity index (χ3v) is 15.5. The quantitative estimate of drug-likeness (QED) is 0.135. The molecule has 14 rings (SSSR count). The van der Waals surface area contributed by atoms with Crippen molar-refractivity contribution in [3.63, 3.8) is 0 Å². The first kappa shape index (κ1) is 44.7. The van der Waals surface area contributed by atoms with Crippen LogP contribution in [0, 0.1) is 0 Å². The fourth-order valence-corrected chi connectivity index (χ4v) is 12.1. The minimum absolute atomic E-state index is 0.602. The Morgan fingerprint density at radius 3 is 1.43 bits per heavy atom. The van der Waals surface area contributed by atoms with Gasteiger partial charge in [0, 0.05) is 39.1 Å². The van der Waals surface area contributed by atoms with Crippen LogP contribution in [0.3, 0.4) is 0 Å². The van der Waals surface area contributed by atoms with Crippen molar-refractivity contribution >= 4 is 55.9 Å². The second-order valence-electron chi connectivity index (χ2n) is 19.6. The van der Waals surface area contributed by atoms with Crippen molar-refractivity contribution in [2.45, 2.75) is 5.41 Å². The Morgan fingerprint density at radius 2 is 0.763 bits per heavy atom. The highest BCUT2D eigenvalue weighted by atomic mass is 15.2. The van der Waals surface area contributed by atoms with Gasteiger partial charge < -0.3 is 14.4 Å². The molecule has 3 nitrogen and oxygen atoms in total. The van der Waals surface area contributed by atoms with Gasteiger partial charge in [0.2, 0.25) is 0 Å². The van der Waals surface area contributed by atoms with Gasteiger partial charge >= 0.3 is 0 Å². The van der Waals surface area contributed by atoms with Gasteiger partial charge in [-0.05, 0) is 135 Å². The molecule has 0 amide bonds. The van der Waals surface area contributed by atoms with Crippen molar-refractivity contribution < 1.29 is 0 Å². The molecule has 1 aliphatic rings. The first-order valence-corrected chi connectivity index (χ1v) is 26.2. The van der Waals surface area contributed by atoms with Crippen molar-refractivity contribution in [1.82, 2.24) is 4.57 Å². The molecule has 13 aromatic rings. The summed E-state index contributed by atoms with van der Waals surface area (Å²) in [4.78, 5) is 4.89. The molecule has 0 atom stereocenters. The molecule has 0 unspecified atom stereocenters. The summed E-state index contributed by atoms with van der Waals surface area (Å²) in [6.07, 6.45) is 0. The lowest BCUT2D eigenvalue weighted by molar-refractivity contribution is 0.731. The summed E-state index contributed by atoms with van der Waals surface area (Å²) in [7, 11) is 0. The van der Waals surface area contributed by atoms with E-state index in [4.69, 9.17) is 0 Å². The largest absolute Gasteiger partial charge is 0.310 e. The number of rotatable bonds is 10. The van der Waals surface area contributed by atoms with Crippen LogP contribution in [0.2, 0.25) is 0 Å². The van der Waals surface area contributed by atoms with Gasteiger partial charge in [-0.25, -0.2) is 0 Å². The number of hydrogen-bond acceptors (Lipinski definition) is 2. The number of benzene rings is 12.